The van der Waals surface area contributed by atoms with Gasteiger partial charge in [0.2, 0.25) is 0 Å². The van der Waals surface area contributed by atoms with Crippen LogP contribution in [0.5, 0.6) is 0 Å². The molecule has 0 aromatic heterocycles. The van der Waals surface area contributed by atoms with Crippen LogP contribution in [0.4, 0.5) is 11.4 Å². The van der Waals surface area contributed by atoms with Crippen LogP contribution in [0.3, 0.4) is 0 Å². The van der Waals surface area contributed by atoms with E-state index in [4.69, 9.17) is 4.74 Å². The average Bonchev–Trinajstić information content (AvgIpc) is 2.85. The minimum atomic E-state index is -0.663. The number of ether oxygens (including phenoxy) is 1. The van der Waals surface area contributed by atoms with Crippen molar-refractivity contribution in [1.82, 2.24) is 0 Å². The first-order chi connectivity index (χ1) is 16.8. The summed E-state index contributed by atoms with van der Waals surface area (Å²) in [6.07, 6.45) is 0. The van der Waals surface area contributed by atoms with Gasteiger partial charge in [-0.2, -0.15) is 0 Å². The zero-order chi connectivity index (χ0) is 24.9. The lowest BCUT2D eigenvalue weighted by atomic mass is 10.0. The van der Waals surface area contributed by atoms with Crippen LogP contribution in [0.1, 0.15) is 48.4 Å². The van der Waals surface area contributed by atoms with Crippen molar-refractivity contribution < 1.29 is 14.3 Å². The molecule has 4 aromatic rings. The monoisotopic (exact) mass is 468 g/mol. The average molecular weight is 469 g/mol. The van der Waals surface area contributed by atoms with Crippen molar-refractivity contribution in [1.29, 1.82) is 0 Å². The number of carbonyl (C=O) groups is 2. The Kier molecular flexibility index (Phi) is 7.35. The molecule has 35 heavy (non-hydrogen) atoms. The van der Waals surface area contributed by atoms with E-state index in [1.54, 1.807) is 12.1 Å². The molecule has 5 heteroatoms. The molecule has 0 atom stereocenters. The Bertz CT molecular complexity index is 1270. The number of carbonyl (C=O) groups excluding carboxylic acids is 2. The minimum Gasteiger partial charge on any atom is -0.386 e. The van der Waals surface area contributed by atoms with E-state index >= 15 is 0 Å². The van der Waals surface area contributed by atoms with Crippen LogP contribution in [-0.4, -0.2) is 25.0 Å². The Hall–Kier alpha value is -3.86. The molecule has 0 amide bonds. The third-order valence-electron chi connectivity index (χ3n) is 5.78. The van der Waals surface area contributed by atoms with Gasteiger partial charge in [-0.05, 0) is 57.6 Å². The van der Waals surface area contributed by atoms with E-state index in [-0.39, 0.29) is 0 Å². The molecule has 0 unspecified atom stereocenters. The highest BCUT2D eigenvalue weighted by atomic mass is 16.6. The standard InChI is InChI=1S/C30H32N2O3/c1-19(2)17-31-23-13-21-9-5-7-11-25(21)27(15-23)29(33)35-30(34)28-16-24(32-18-20(3)4)14-22-10-6-8-12-26(22)28/h5-16,19-20,31-32H,17-18H2,1-4H3. The molecule has 0 bridgehead atoms. The normalized spacial score (nSPS) is 11.3. The van der Waals surface area contributed by atoms with E-state index in [1.165, 1.54) is 0 Å². The highest BCUT2D eigenvalue weighted by Gasteiger charge is 2.21. The summed E-state index contributed by atoms with van der Waals surface area (Å²) < 4.78 is 5.47. The first-order valence-electron chi connectivity index (χ1n) is 12.1. The van der Waals surface area contributed by atoms with Gasteiger partial charge in [0.05, 0.1) is 11.1 Å². The summed E-state index contributed by atoms with van der Waals surface area (Å²) in [6.45, 7) is 10.0. The van der Waals surface area contributed by atoms with Crippen LogP contribution in [0.15, 0.2) is 72.8 Å². The molecule has 0 aliphatic heterocycles. The molecule has 4 rings (SSSR count). The lowest BCUT2D eigenvalue weighted by molar-refractivity contribution is 0.0400. The van der Waals surface area contributed by atoms with Crippen molar-refractivity contribution in [2.24, 2.45) is 11.8 Å². The number of hydrogen-bond donors (Lipinski definition) is 2. The maximum Gasteiger partial charge on any atom is 0.346 e. The van der Waals surface area contributed by atoms with Crippen molar-refractivity contribution in [3.8, 4) is 0 Å². The lowest BCUT2D eigenvalue weighted by Crippen LogP contribution is -2.15. The number of benzene rings is 4. The molecule has 0 aliphatic carbocycles. The predicted molar refractivity (Wildman–Crippen MR) is 144 cm³/mol. The minimum absolute atomic E-state index is 0.362. The fraction of sp³-hybridized carbons (Fsp3) is 0.267. The smallest absolute Gasteiger partial charge is 0.346 e. The van der Waals surface area contributed by atoms with E-state index in [1.807, 2.05) is 60.7 Å². The number of anilines is 2. The van der Waals surface area contributed by atoms with Crippen LogP contribution in [0.2, 0.25) is 0 Å². The molecule has 0 radical (unpaired) electrons. The van der Waals surface area contributed by atoms with Crippen LogP contribution < -0.4 is 10.6 Å². The molecule has 5 nitrogen and oxygen atoms in total. The van der Waals surface area contributed by atoms with Gasteiger partial charge in [0, 0.05) is 24.5 Å². The highest BCUT2D eigenvalue weighted by molar-refractivity contribution is 6.14. The number of hydrogen-bond acceptors (Lipinski definition) is 5. The van der Waals surface area contributed by atoms with Crippen LogP contribution in [-0.2, 0) is 4.74 Å². The SMILES string of the molecule is CC(C)CNc1cc(C(=O)OC(=O)c2cc(NCC(C)C)cc3ccccc23)c2ccccc2c1. The summed E-state index contributed by atoms with van der Waals surface area (Å²) >= 11 is 0. The van der Waals surface area contributed by atoms with Gasteiger partial charge in [-0.3, -0.25) is 0 Å². The van der Waals surface area contributed by atoms with Gasteiger partial charge in [-0.1, -0.05) is 76.2 Å². The zero-order valence-corrected chi connectivity index (χ0v) is 20.7. The maximum atomic E-state index is 13.3. The second-order valence-corrected chi connectivity index (χ2v) is 9.72. The topological polar surface area (TPSA) is 67.4 Å². The van der Waals surface area contributed by atoms with Gasteiger partial charge < -0.3 is 15.4 Å². The third-order valence-corrected chi connectivity index (χ3v) is 5.78. The fourth-order valence-electron chi connectivity index (χ4n) is 4.00. The number of esters is 2. The van der Waals surface area contributed by atoms with Gasteiger partial charge in [-0.15, -0.1) is 0 Å². The summed E-state index contributed by atoms with van der Waals surface area (Å²) in [4.78, 5) is 26.6. The van der Waals surface area contributed by atoms with Crippen LogP contribution in [0, 0.1) is 11.8 Å². The van der Waals surface area contributed by atoms with Crippen molar-refractivity contribution in [3.05, 3.63) is 83.9 Å². The lowest BCUT2D eigenvalue weighted by Gasteiger charge is -2.14. The van der Waals surface area contributed by atoms with Crippen molar-refractivity contribution in [2.45, 2.75) is 27.7 Å². The maximum absolute atomic E-state index is 13.3. The molecule has 180 valence electrons. The molecular weight excluding hydrogens is 436 g/mol. The Morgan fingerprint density at radius 1 is 0.657 bits per heavy atom. The van der Waals surface area contributed by atoms with E-state index in [9.17, 15) is 9.59 Å². The van der Waals surface area contributed by atoms with Gasteiger partial charge >= 0.3 is 11.9 Å². The molecule has 0 heterocycles. The summed E-state index contributed by atoms with van der Waals surface area (Å²) in [5, 5.41) is 10.1. The summed E-state index contributed by atoms with van der Waals surface area (Å²) in [6, 6.07) is 22.8. The first-order valence-corrected chi connectivity index (χ1v) is 12.1. The van der Waals surface area contributed by atoms with Gasteiger partial charge in [0.1, 0.15) is 0 Å². The Morgan fingerprint density at radius 3 is 1.46 bits per heavy atom. The number of fused-ring (bicyclic) bond motifs is 2. The molecule has 4 aromatic carbocycles. The molecule has 2 N–H and O–H groups in total. The van der Waals surface area contributed by atoms with E-state index < -0.39 is 11.9 Å². The summed E-state index contributed by atoms with van der Waals surface area (Å²) in [5.41, 5.74) is 2.37. The molecule has 0 fully saturated rings. The number of nitrogens with one attached hydrogen (secondary N) is 2. The van der Waals surface area contributed by atoms with E-state index in [0.29, 0.717) is 23.0 Å². The van der Waals surface area contributed by atoms with Crippen LogP contribution in [0.25, 0.3) is 21.5 Å². The quantitative estimate of drug-likeness (QED) is 0.213. The highest BCUT2D eigenvalue weighted by Crippen LogP contribution is 2.28. The van der Waals surface area contributed by atoms with Crippen molar-refractivity contribution >= 4 is 44.9 Å². The van der Waals surface area contributed by atoms with Gasteiger partial charge in [0.15, 0.2) is 0 Å². The Balaban J connectivity index is 1.67. The van der Waals surface area contributed by atoms with Gasteiger partial charge in [-0.25, -0.2) is 9.59 Å². The molecule has 0 saturated carbocycles. The van der Waals surface area contributed by atoms with E-state index in [2.05, 4.69) is 38.3 Å². The summed E-state index contributed by atoms with van der Waals surface area (Å²) in [7, 11) is 0. The largest absolute Gasteiger partial charge is 0.386 e. The van der Waals surface area contributed by atoms with Gasteiger partial charge in [0.25, 0.3) is 0 Å². The Morgan fingerprint density at radius 2 is 1.06 bits per heavy atom. The van der Waals surface area contributed by atoms with Crippen molar-refractivity contribution in [3.63, 3.8) is 0 Å². The zero-order valence-electron chi connectivity index (χ0n) is 20.7. The number of rotatable bonds is 8. The third kappa shape index (κ3) is 5.80. The molecule has 0 saturated heterocycles. The Labute approximate surface area is 206 Å². The molecular formula is C30H32N2O3. The first kappa shape index (κ1) is 24.3. The summed E-state index contributed by atoms with van der Waals surface area (Å²) in [5.74, 6) is -0.431. The second kappa shape index (κ2) is 10.6. The van der Waals surface area contributed by atoms with Crippen molar-refractivity contribution in [2.75, 3.05) is 23.7 Å². The molecule has 0 aliphatic rings. The van der Waals surface area contributed by atoms with E-state index in [0.717, 1.165) is 46.0 Å². The fourth-order valence-corrected chi connectivity index (χ4v) is 4.00. The predicted octanol–water partition coefficient (Wildman–Crippen LogP) is 7.13. The molecule has 0 spiro atoms. The second-order valence-electron chi connectivity index (χ2n) is 9.72. The van der Waals surface area contributed by atoms with Crippen LogP contribution >= 0.6 is 0 Å².